The van der Waals surface area contributed by atoms with Gasteiger partial charge in [0.1, 0.15) is 11.5 Å². The summed E-state index contributed by atoms with van der Waals surface area (Å²) in [7, 11) is 3.10. The highest BCUT2D eigenvalue weighted by atomic mass is 32.2. The molecule has 0 saturated heterocycles. The number of hydrogen-bond acceptors (Lipinski definition) is 9. The third-order valence-electron chi connectivity index (χ3n) is 5.15. The molecule has 0 aliphatic heterocycles. The number of aliphatic hydroxyl groups excluding tert-OH is 1. The molecule has 0 heterocycles. The van der Waals surface area contributed by atoms with E-state index >= 15 is 0 Å². The predicted molar refractivity (Wildman–Crippen MR) is 157 cm³/mol. The average Bonchev–Trinajstić information content (AvgIpc) is 2.86. The molecule has 7 N–H and O–H groups in total. The van der Waals surface area contributed by atoms with Crippen LogP contribution in [0, 0.1) is 10.8 Å². The summed E-state index contributed by atoms with van der Waals surface area (Å²) in [6.45, 7) is 0. The largest absolute Gasteiger partial charge is 0.496 e. The van der Waals surface area contributed by atoms with Crippen molar-refractivity contribution in [2.24, 2.45) is 21.5 Å². The van der Waals surface area contributed by atoms with E-state index in [1.165, 1.54) is 7.11 Å². The van der Waals surface area contributed by atoms with Crippen molar-refractivity contribution in [2.45, 2.75) is 44.8 Å². The third-order valence-corrected chi connectivity index (χ3v) is 6.67. The number of carbonyl (C=O) groups is 1. The number of para-hydroxylation sites is 2. The summed E-state index contributed by atoms with van der Waals surface area (Å²) in [5.74, 6) is 0.859. The number of aliphatic hydroxyl groups is 1. The van der Waals surface area contributed by atoms with Crippen LogP contribution in [0.2, 0.25) is 0 Å². The van der Waals surface area contributed by atoms with Crippen LogP contribution in [-0.2, 0) is 17.6 Å². The van der Waals surface area contributed by atoms with E-state index in [1.54, 1.807) is 19.2 Å². The van der Waals surface area contributed by atoms with Crippen LogP contribution in [0.25, 0.3) is 0 Å². The van der Waals surface area contributed by atoms with Crippen LogP contribution < -0.4 is 20.9 Å². The zero-order valence-corrected chi connectivity index (χ0v) is 23.1. The van der Waals surface area contributed by atoms with E-state index in [0.717, 1.165) is 29.1 Å². The minimum atomic E-state index is -1.04. The Morgan fingerprint density at radius 1 is 0.895 bits per heavy atom. The van der Waals surface area contributed by atoms with Crippen molar-refractivity contribution in [2.75, 3.05) is 14.2 Å². The minimum Gasteiger partial charge on any atom is -0.496 e. The van der Waals surface area contributed by atoms with Gasteiger partial charge in [0.05, 0.1) is 30.7 Å². The van der Waals surface area contributed by atoms with Gasteiger partial charge in [-0.15, -0.1) is 0 Å². The molecular formula is C26H34N6O4S2. The van der Waals surface area contributed by atoms with E-state index in [0.29, 0.717) is 47.8 Å². The van der Waals surface area contributed by atoms with E-state index in [1.807, 2.05) is 36.4 Å². The van der Waals surface area contributed by atoms with Crippen LogP contribution in [0.3, 0.4) is 0 Å². The van der Waals surface area contributed by atoms with Crippen molar-refractivity contribution in [3.63, 3.8) is 0 Å². The lowest BCUT2D eigenvalue weighted by Crippen LogP contribution is -2.17. The molecular weight excluding hydrogens is 524 g/mol. The number of nitrogens with zero attached hydrogens (tertiary/aromatic N) is 2. The first-order valence-electron chi connectivity index (χ1n) is 11.8. The summed E-state index contributed by atoms with van der Waals surface area (Å²) in [5.41, 5.74) is 13.3. The van der Waals surface area contributed by atoms with Gasteiger partial charge in [-0.25, -0.2) is 4.99 Å². The average molecular weight is 559 g/mol. The quantitative estimate of drug-likeness (QED) is 0.147. The van der Waals surface area contributed by atoms with Crippen LogP contribution >= 0.6 is 23.5 Å². The van der Waals surface area contributed by atoms with Gasteiger partial charge in [0.2, 0.25) is 0 Å². The first-order chi connectivity index (χ1) is 18.2. The van der Waals surface area contributed by atoms with Crippen molar-refractivity contribution in [3.05, 3.63) is 59.7 Å². The van der Waals surface area contributed by atoms with Gasteiger partial charge in [-0.3, -0.25) is 15.6 Å². The van der Waals surface area contributed by atoms with E-state index < -0.39 is 12.1 Å². The Kier molecular flexibility index (Phi) is 13.4. The van der Waals surface area contributed by atoms with Crippen LogP contribution in [0.1, 0.15) is 36.8 Å². The Labute approximate surface area is 231 Å². The number of nitrogens with one attached hydrogen (secondary N) is 2. The molecule has 0 saturated carbocycles. The summed E-state index contributed by atoms with van der Waals surface area (Å²) in [6.07, 6.45) is 1.49. The Morgan fingerprint density at radius 2 is 1.39 bits per heavy atom. The number of nitrogens with two attached hydrogens (primary N) is 2. The second kappa shape index (κ2) is 16.5. The molecule has 2 aromatic rings. The minimum absolute atomic E-state index is 0.0221. The van der Waals surface area contributed by atoms with Crippen LogP contribution in [0.4, 0.5) is 0 Å². The Hall–Kier alpha value is -3.35. The summed E-state index contributed by atoms with van der Waals surface area (Å²) >= 11 is 1.96. The van der Waals surface area contributed by atoms with E-state index in [2.05, 4.69) is 9.98 Å². The highest BCUT2D eigenvalue weighted by Gasteiger charge is 2.12. The first kappa shape index (κ1) is 30.9. The van der Waals surface area contributed by atoms with Gasteiger partial charge in [0.15, 0.2) is 16.6 Å². The Balaban J connectivity index is 1.68. The lowest BCUT2D eigenvalue weighted by Gasteiger charge is -2.11. The molecule has 0 aromatic heterocycles. The molecule has 2 rings (SSSR count). The van der Waals surface area contributed by atoms with Crippen LogP contribution in [-0.4, -0.2) is 51.9 Å². The number of benzene rings is 2. The Bertz CT molecular complexity index is 1170. The molecule has 204 valence electrons. The third kappa shape index (κ3) is 11.4. The van der Waals surface area contributed by atoms with Gasteiger partial charge in [-0.05, 0) is 66.9 Å². The maximum Gasteiger partial charge on any atom is 0.252 e. The maximum atomic E-state index is 12.2. The normalized spacial score (nSPS) is 12.6. The predicted octanol–water partition coefficient (Wildman–Crippen LogP) is 3.94. The van der Waals surface area contributed by atoms with Gasteiger partial charge in [0.25, 0.3) is 5.91 Å². The van der Waals surface area contributed by atoms with Crippen molar-refractivity contribution in [1.82, 2.24) is 0 Å². The zero-order valence-electron chi connectivity index (χ0n) is 21.5. The van der Waals surface area contributed by atoms with Crippen molar-refractivity contribution >= 4 is 49.9 Å². The standard InChI is InChI=1S/C26H34N6O4S2/c1-35-19-11-5-3-9-17(19)15-23(33)31-25(29)37-21(27)13-7-8-14-22(28)38-26(30)32-24(34)16-18-10-4-6-12-20(18)36-2/h3-6,9-12,23,27-28,33H,7-8,13-16H2,1-2H3,(H2,29,31)(H2,30,32,34). The van der Waals surface area contributed by atoms with Crippen LogP contribution in [0.5, 0.6) is 11.5 Å². The monoisotopic (exact) mass is 558 g/mol. The van der Waals surface area contributed by atoms with Gasteiger partial charge < -0.3 is 26.0 Å². The van der Waals surface area contributed by atoms with Crippen molar-refractivity contribution in [1.29, 1.82) is 10.8 Å². The molecule has 0 fully saturated rings. The topological polar surface area (TPSA) is 180 Å². The van der Waals surface area contributed by atoms with Crippen molar-refractivity contribution in [3.8, 4) is 11.5 Å². The number of amides is 1. The smallest absolute Gasteiger partial charge is 0.252 e. The molecule has 0 bridgehead atoms. The second-order valence-electron chi connectivity index (χ2n) is 8.05. The fraction of sp³-hybridized carbons (Fsp3) is 0.346. The highest BCUT2D eigenvalue weighted by Crippen LogP contribution is 2.21. The number of rotatable bonds is 12. The number of thioether (sulfide) groups is 2. The van der Waals surface area contributed by atoms with Crippen LogP contribution in [0.15, 0.2) is 58.5 Å². The molecule has 12 heteroatoms. The molecule has 2 aromatic carbocycles. The number of carbonyl (C=O) groups excluding carboxylic acids is 1. The lowest BCUT2D eigenvalue weighted by molar-refractivity contribution is -0.117. The lowest BCUT2D eigenvalue weighted by atomic mass is 10.1. The highest BCUT2D eigenvalue weighted by molar-refractivity contribution is 8.26. The zero-order chi connectivity index (χ0) is 27.9. The SMILES string of the molecule is COc1ccccc1CC(=O)N=C(N)SC(=N)CCCCC(=N)SC(N)=NC(O)Cc1ccccc1OC. The summed E-state index contributed by atoms with van der Waals surface area (Å²) in [5, 5.41) is 27.1. The molecule has 0 radical (unpaired) electrons. The maximum absolute atomic E-state index is 12.2. The Morgan fingerprint density at radius 3 is 1.97 bits per heavy atom. The molecule has 10 nitrogen and oxygen atoms in total. The molecule has 0 aliphatic rings. The van der Waals surface area contributed by atoms with E-state index in [-0.39, 0.29) is 28.2 Å². The number of aliphatic imine (C=N–C) groups is 2. The molecule has 1 atom stereocenters. The van der Waals surface area contributed by atoms with E-state index in [9.17, 15) is 9.90 Å². The number of amidine groups is 2. The fourth-order valence-corrected chi connectivity index (χ4v) is 4.73. The summed E-state index contributed by atoms with van der Waals surface area (Å²) in [4.78, 5) is 20.1. The molecule has 0 spiro atoms. The van der Waals surface area contributed by atoms with Gasteiger partial charge in [0, 0.05) is 12.0 Å². The number of methoxy groups -OCH3 is 2. The molecule has 1 unspecified atom stereocenters. The fourth-order valence-electron chi connectivity index (χ4n) is 3.41. The molecule has 0 aliphatic carbocycles. The second-order valence-corrected chi connectivity index (χ2v) is 10.3. The number of unbranched alkanes of at least 4 members (excludes halogenated alkanes) is 1. The first-order valence-corrected chi connectivity index (χ1v) is 13.5. The molecule has 38 heavy (non-hydrogen) atoms. The van der Waals surface area contributed by atoms with Gasteiger partial charge >= 0.3 is 0 Å². The van der Waals surface area contributed by atoms with E-state index in [4.69, 9.17) is 31.8 Å². The van der Waals surface area contributed by atoms with Crippen molar-refractivity contribution < 1.29 is 19.4 Å². The van der Waals surface area contributed by atoms with Gasteiger partial charge in [-0.2, -0.15) is 4.99 Å². The number of ether oxygens (including phenoxy) is 2. The summed E-state index contributed by atoms with van der Waals surface area (Å²) < 4.78 is 10.5. The number of hydrogen-bond donors (Lipinski definition) is 5. The molecule has 1 amide bonds. The van der Waals surface area contributed by atoms with Gasteiger partial charge in [-0.1, -0.05) is 36.4 Å². The summed E-state index contributed by atoms with van der Waals surface area (Å²) in [6, 6.07) is 14.5.